The third-order valence-electron chi connectivity index (χ3n) is 5.42. The summed E-state index contributed by atoms with van der Waals surface area (Å²) in [7, 11) is 1.68. The molecule has 1 aliphatic carbocycles. The van der Waals surface area contributed by atoms with Crippen LogP contribution in [0.3, 0.4) is 0 Å². The van der Waals surface area contributed by atoms with Gasteiger partial charge in [-0.1, -0.05) is 30.3 Å². The molecule has 9 heteroatoms. The van der Waals surface area contributed by atoms with Crippen molar-refractivity contribution in [2.24, 2.45) is 7.05 Å². The van der Waals surface area contributed by atoms with Crippen LogP contribution in [0.15, 0.2) is 52.3 Å². The molecule has 2 heterocycles. The predicted molar refractivity (Wildman–Crippen MR) is 107 cm³/mol. The highest BCUT2D eigenvalue weighted by atomic mass is 16.6. The minimum Gasteiger partial charge on any atom is -0.287 e. The van der Waals surface area contributed by atoms with Gasteiger partial charge in [0.25, 0.3) is 0 Å². The molecule has 3 aromatic rings. The first-order chi connectivity index (χ1) is 14.0. The van der Waals surface area contributed by atoms with Crippen molar-refractivity contribution in [2.75, 3.05) is 0 Å². The molecule has 0 aliphatic heterocycles. The lowest BCUT2D eigenvalue weighted by Crippen LogP contribution is -2.45. The number of nitro groups is 1. The second-order valence-electron chi connectivity index (χ2n) is 7.29. The highest BCUT2D eigenvalue weighted by molar-refractivity contribution is 5.68. The number of hydrogen-bond donors (Lipinski definition) is 0. The van der Waals surface area contributed by atoms with E-state index in [9.17, 15) is 19.7 Å². The second-order valence-corrected chi connectivity index (χ2v) is 7.29. The summed E-state index contributed by atoms with van der Waals surface area (Å²) < 4.78 is 3.93. The fraction of sp³-hybridized carbons (Fsp3) is 0.350. The van der Waals surface area contributed by atoms with E-state index in [0.29, 0.717) is 24.8 Å². The van der Waals surface area contributed by atoms with E-state index in [2.05, 4.69) is 5.10 Å². The summed E-state index contributed by atoms with van der Waals surface area (Å²) in [4.78, 5) is 37.5. The Labute approximate surface area is 166 Å². The van der Waals surface area contributed by atoms with E-state index in [-0.39, 0.29) is 18.3 Å². The zero-order valence-corrected chi connectivity index (χ0v) is 16.0. The zero-order chi connectivity index (χ0) is 20.5. The summed E-state index contributed by atoms with van der Waals surface area (Å²) in [6.07, 6.45) is 5.78. The maximum atomic E-state index is 13.3. The van der Waals surface area contributed by atoms with E-state index < -0.39 is 21.9 Å². The Bertz CT molecular complexity index is 1170. The van der Waals surface area contributed by atoms with Gasteiger partial charge in [-0.25, -0.2) is 4.79 Å². The number of hydrogen-bond acceptors (Lipinski definition) is 5. The van der Waals surface area contributed by atoms with Crippen LogP contribution in [0.2, 0.25) is 0 Å². The average molecular weight is 395 g/mol. The van der Waals surface area contributed by atoms with Crippen molar-refractivity contribution >= 4 is 5.69 Å². The molecule has 150 valence electrons. The van der Waals surface area contributed by atoms with Gasteiger partial charge in [0, 0.05) is 31.4 Å². The third kappa shape index (κ3) is 3.39. The van der Waals surface area contributed by atoms with Gasteiger partial charge in [0.1, 0.15) is 5.69 Å². The van der Waals surface area contributed by atoms with Crippen LogP contribution in [0.5, 0.6) is 0 Å². The van der Waals surface area contributed by atoms with Crippen LogP contribution in [0, 0.1) is 10.1 Å². The molecular weight excluding hydrogens is 374 g/mol. The number of nitrogens with zero attached hydrogens (tertiary/aromatic N) is 5. The van der Waals surface area contributed by atoms with Crippen molar-refractivity contribution in [3.05, 3.63) is 79.2 Å². The van der Waals surface area contributed by atoms with Crippen LogP contribution >= 0.6 is 0 Å². The number of rotatable bonds is 6. The lowest BCUT2D eigenvalue weighted by atomic mass is 9.93. The van der Waals surface area contributed by atoms with E-state index in [1.165, 1.54) is 15.4 Å². The topological polar surface area (TPSA) is 105 Å². The maximum absolute atomic E-state index is 13.3. The van der Waals surface area contributed by atoms with Gasteiger partial charge >= 0.3 is 16.9 Å². The van der Waals surface area contributed by atoms with Crippen LogP contribution in [0.4, 0.5) is 5.69 Å². The van der Waals surface area contributed by atoms with Crippen molar-refractivity contribution in [1.29, 1.82) is 0 Å². The first kappa shape index (κ1) is 18.9. The Hall–Kier alpha value is -3.49. The summed E-state index contributed by atoms with van der Waals surface area (Å²) in [6, 6.07) is 9.30. The second kappa shape index (κ2) is 7.50. The molecule has 1 saturated carbocycles. The first-order valence-electron chi connectivity index (χ1n) is 9.54. The molecule has 0 unspecified atom stereocenters. The SMILES string of the molecule is Cn1cc(-c2c([N+](=O)[O-])c(=O)n(C3CCC3)c(=O)n2CCc2ccccc2)cn1. The van der Waals surface area contributed by atoms with Crippen LogP contribution in [-0.2, 0) is 20.0 Å². The van der Waals surface area contributed by atoms with Crippen molar-refractivity contribution in [2.45, 2.75) is 38.3 Å². The minimum atomic E-state index is -0.834. The fourth-order valence-electron chi connectivity index (χ4n) is 3.72. The van der Waals surface area contributed by atoms with E-state index in [1.54, 1.807) is 13.2 Å². The molecule has 0 spiro atoms. The van der Waals surface area contributed by atoms with Crippen molar-refractivity contribution in [1.82, 2.24) is 18.9 Å². The molecule has 0 N–H and O–H groups in total. The number of benzene rings is 1. The molecule has 0 saturated heterocycles. The van der Waals surface area contributed by atoms with E-state index in [1.807, 2.05) is 30.3 Å². The van der Waals surface area contributed by atoms with Gasteiger partial charge in [0.15, 0.2) is 0 Å². The minimum absolute atomic E-state index is 0.0182. The zero-order valence-electron chi connectivity index (χ0n) is 16.0. The first-order valence-corrected chi connectivity index (χ1v) is 9.54. The van der Waals surface area contributed by atoms with E-state index in [4.69, 9.17) is 0 Å². The Morgan fingerprint density at radius 3 is 2.48 bits per heavy atom. The summed E-state index contributed by atoms with van der Waals surface area (Å²) in [5, 5.41) is 16.0. The van der Waals surface area contributed by atoms with Gasteiger partial charge in [-0.05, 0) is 31.2 Å². The summed E-state index contributed by atoms with van der Waals surface area (Å²) in [6.45, 7) is 0.223. The highest BCUT2D eigenvalue weighted by Gasteiger charge is 2.33. The fourth-order valence-corrected chi connectivity index (χ4v) is 3.72. The molecule has 1 fully saturated rings. The Kier molecular flexibility index (Phi) is 4.87. The van der Waals surface area contributed by atoms with Gasteiger partial charge in [-0.2, -0.15) is 5.10 Å². The van der Waals surface area contributed by atoms with Gasteiger partial charge in [0.05, 0.1) is 11.1 Å². The smallest absolute Gasteiger partial charge is 0.287 e. The van der Waals surface area contributed by atoms with Crippen molar-refractivity contribution in [3.63, 3.8) is 0 Å². The largest absolute Gasteiger partial charge is 0.358 e. The van der Waals surface area contributed by atoms with Crippen LogP contribution < -0.4 is 11.2 Å². The van der Waals surface area contributed by atoms with Gasteiger partial charge in [0.2, 0.25) is 0 Å². The molecule has 0 atom stereocenters. The predicted octanol–water partition coefficient (Wildman–Crippen LogP) is 2.29. The molecule has 1 aliphatic rings. The Morgan fingerprint density at radius 1 is 1.21 bits per heavy atom. The Balaban J connectivity index is 1.94. The lowest BCUT2D eigenvalue weighted by molar-refractivity contribution is -0.386. The number of aromatic nitrogens is 4. The molecule has 9 nitrogen and oxygen atoms in total. The van der Waals surface area contributed by atoms with Gasteiger partial charge < -0.3 is 0 Å². The van der Waals surface area contributed by atoms with E-state index in [0.717, 1.165) is 16.6 Å². The molecular formula is C20H21N5O4. The molecule has 29 heavy (non-hydrogen) atoms. The summed E-state index contributed by atoms with van der Waals surface area (Å²) in [5.41, 5.74) is -0.510. The maximum Gasteiger partial charge on any atom is 0.358 e. The summed E-state index contributed by atoms with van der Waals surface area (Å²) >= 11 is 0. The van der Waals surface area contributed by atoms with Crippen molar-refractivity contribution in [3.8, 4) is 11.3 Å². The lowest BCUT2D eigenvalue weighted by Gasteiger charge is -2.27. The summed E-state index contributed by atoms with van der Waals surface area (Å²) in [5.74, 6) is 0. The molecule has 0 amide bonds. The van der Waals surface area contributed by atoms with Gasteiger partial charge in [-0.15, -0.1) is 0 Å². The quantitative estimate of drug-likeness (QED) is 0.470. The average Bonchev–Trinajstić information content (AvgIpc) is 3.09. The van der Waals surface area contributed by atoms with Crippen molar-refractivity contribution < 1.29 is 4.92 Å². The molecule has 1 aromatic carbocycles. The molecule has 2 aromatic heterocycles. The Morgan fingerprint density at radius 2 is 1.93 bits per heavy atom. The van der Waals surface area contributed by atoms with Crippen LogP contribution in [0.1, 0.15) is 30.9 Å². The van der Waals surface area contributed by atoms with Crippen LogP contribution in [-0.4, -0.2) is 23.8 Å². The highest BCUT2D eigenvalue weighted by Crippen LogP contribution is 2.31. The monoisotopic (exact) mass is 395 g/mol. The normalized spacial score (nSPS) is 14.0. The molecule has 0 radical (unpaired) electrons. The molecule has 0 bridgehead atoms. The van der Waals surface area contributed by atoms with Gasteiger partial charge in [-0.3, -0.25) is 28.7 Å². The number of aryl methyl sites for hydroxylation is 2. The van der Waals surface area contributed by atoms with Crippen LogP contribution in [0.25, 0.3) is 11.3 Å². The van der Waals surface area contributed by atoms with E-state index >= 15 is 0 Å². The standard InChI is InChI=1S/C20H21N5O4/c1-22-13-15(12-21-22)17-18(25(28)29)19(26)24(16-8-5-9-16)20(27)23(17)11-10-14-6-3-2-4-7-14/h2-4,6-7,12-13,16H,5,8-11H2,1H3. The molecule has 4 rings (SSSR count). The third-order valence-corrected chi connectivity index (χ3v) is 5.42.